The van der Waals surface area contributed by atoms with E-state index in [1.165, 1.54) is 51.1 Å². The lowest BCUT2D eigenvalue weighted by Crippen LogP contribution is -2.06. The van der Waals surface area contributed by atoms with E-state index in [-0.39, 0.29) is 0 Å². The molecule has 4 nitrogen and oxygen atoms in total. The van der Waals surface area contributed by atoms with Crippen molar-refractivity contribution in [1.82, 2.24) is 9.13 Å². The highest BCUT2D eigenvalue weighted by Gasteiger charge is 2.28. The minimum atomic E-state index is 0.427. The van der Waals surface area contributed by atoms with Crippen LogP contribution < -0.4 is 0 Å². The van der Waals surface area contributed by atoms with Gasteiger partial charge in [-0.25, -0.2) is 4.85 Å². The second-order valence-electron chi connectivity index (χ2n) is 14.2. The number of rotatable bonds is 3. The van der Waals surface area contributed by atoms with Crippen LogP contribution in [-0.2, 0) is 0 Å². The number of nitriles is 1. The van der Waals surface area contributed by atoms with E-state index in [2.05, 4.69) is 154 Å². The maximum atomic E-state index is 11.1. The smallest absolute Gasteiger partial charge is 0.212 e. The number of hydrogen-bond acceptors (Lipinski definition) is 3. The van der Waals surface area contributed by atoms with Gasteiger partial charge < -0.3 is 9.13 Å². The molecule has 0 bridgehead atoms. The lowest BCUT2D eigenvalue weighted by Gasteiger charge is -2.23. The molecular weight excluding hydrogens is 721 g/mol. The van der Waals surface area contributed by atoms with Crippen molar-refractivity contribution in [3.8, 4) is 28.6 Å². The van der Waals surface area contributed by atoms with Crippen molar-refractivity contribution in [3.63, 3.8) is 0 Å². The fraction of sp³-hybridized carbons (Fsp3) is 0. The van der Waals surface area contributed by atoms with Crippen LogP contribution in [0.4, 0.5) is 5.69 Å². The third kappa shape index (κ3) is 4.09. The monoisotopic (exact) mass is 746 g/mol. The summed E-state index contributed by atoms with van der Waals surface area (Å²) in [5.41, 5.74) is 8.25. The first-order valence-corrected chi connectivity index (χ1v) is 20.1. The van der Waals surface area contributed by atoms with Gasteiger partial charge in [-0.15, -0.1) is 22.7 Å². The van der Waals surface area contributed by atoms with E-state index in [4.69, 9.17) is 6.57 Å². The zero-order chi connectivity index (χ0) is 37.1. The molecule has 0 aliphatic heterocycles. The van der Waals surface area contributed by atoms with Crippen LogP contribution in [0.25, 0.3) is 111 Å². The average molecular weight is 747 g/mol. The Kier molecular flexibility index (Phi) is 6.48. The Morgan fingerprint density at radius 3 is 1.50 bits per heavy atom. The van der Waals surface area contributed by atoms with Gasteiger partial charge in [0.05, 0.1) is 45.6 Å². The molecule has 0 aliphatic rings. The van der Waals surface area contributed by atoms with Crippen molar-refractivity contribution in [2.75, 3.05) is 0 Å². The molecule has 258 valence electrons. The summed E-state index contributed by atoms with van der Waals surface area (Å²) in [7, 11) is 0. The molecule has 56 heavy (non-hydrogen) atoms. The number of aromatic nitrogens is 2. The van der Waals surface area contributed by atoms with Gasteiger partial charge in [-0.05, 0) is 48.0 Å². The Morgan fingerprint density at radius 2 is 0.964 bits per heavy atom. The third-order valence-corrected chi connectivity index (χ3v) is 13.8. The summed E-state index contributed by atoms with van der Waals surface area (Å²) in [6.45, 7) is 8.69. The topological polar surface area (TPSA) is 38.0 Å². The lowest BCUT2D eigenvalue weighted by atomic mass is 9.95. The van der Waals surface area contributed by atoms with E-state index in [9.17, 15) is 5.26 Å². The normalized spacial score (nSPS) is 11.9. The van der Waals surface area contributed by atoms with Gasteiger partial charge in [0.15, 0.2) is 0 Å². The first kappa shape index (κ1) is 31.2. The van der Waals surface area contributed by atoms with Crippen LogP contribution >= 0.6 is 22.7 Å². The predicted molar refractivity (Wildman–Crippen MR) is 237 cm³/mol. The van der Waals surface area contributed by atoms with Crippen molar-refractivity contribution in [1.29, 1.82) is 5.26 Å². The number of hydrogen-bond donors (Lipinski definition) is 0. The highest BCUT2D eigenvalue weighted by Crippen LogP contribution is 2.50. The van der Waals surface area contributed by atoms with Crippen LogP contribution in [0.15, 0.2) is 158 Å². The Morgan fingerprint density at radius 1 is 0.482 bits per heavy atom. The molecule has 0 spiro atoms. The molecule has 12 aromatic rings. The second kappa shape index (κ2) is 11.6. The third-order valence-electron chi connectivity index (χ3n) is 11.4. The van der Waals surface area contributed by atoms with Crippen molar-refractivity contribution in [2.45, 2.75) is 0 Å². The largest absolute Gasteiger partial charge is 0.318 e. The van der Waals surface area contributed by atoms with E-state index in [1.807, 2.05) is 40.9 Å². The number of benzene rings is 8. The van der Waals surface area contributed by atoms with E-state index < -0.39 is 0 Å². The van der Waals surface area contributed by atoms with E-state index >= 15 is 0 Å². The van der Waals surface area contributed by atoms with Gasteiger partial charge in [0.25, 0.3) is 0 Å². The molecule has 8 aromatic carbocycles. The molecule has 4 aromatic heterocycles. The van der Waals surface area contributed by atoms with Crippen LogP contribution in [-0.4, -0.2) is 9.13 Å². The van der Waals surface area contributed by atoms with E-state index in [0.717, 1.165) is 55.3 Å². The highest BCUT2D eigenvalue weighted by molar-refractivity contribution is 7.27. The molecule has 0 atom stereocenters. The summed E-state index contributed by atoms with van der Waals surface area (Å²) in [5, 5.41) is 20.7. The summed E-state index contributed by atoms with van der Waals surface area (Å²) in [5.74, 6) is 0. The van der Waals surface area contributed by atoms with Crippen molar-refractivity contribution in [2.24, 2.45) is 0 Å². The molecule has 0 N–H and O–H groups in total. The van der Waals surface area contributed by atoms with E-state index in [1.54, 1.807) is 6.07 Å². The molecular formula is C50H26N4S2. The van der Waals surface area contributed by atoms with Crippen molar-refractivity contribution >= 4 is 112 Å². The van der Waals surface area contributed by atoms with E-state index in [0.29, 0.717) is 11.3 Å². The zero-order valence-corrected chi connectivity index (χ0v) is 31.2. The van der Waals surface area contributed by atoms with Crippen LogP contribution in [0.2, 0.25) is 0 Å². The Labute approximate surface area is 328 Å². The Bertz CT molecular complexity index is 3510. The zero-order valence-electron chi connectivity index (χ0n) is 29.6. The Balaban J connectivity index is 1.30. The molecule has 0 radical (unpaired) electrons. The van der Waals surface area contributed by atoms with Crippen LogP contribution in [0.3, 0.4) is 0 Å². The standard InChI is InChI=1S/C50H26N4S2/c1-52-37-27-30(28-51)47(53-38-19-9-5-17-35(38)45-40(53)25-23-33-31-15-7-11-21-42(31)55-49(33)45)44(29-13-3-2-4-14-29)48(37)54-39-20-10-6-18-36(39)46-41(54)26-24-34-32-16-8-12-22-43(32)56-50(34)46/h2-27H. The summed E-state index contributed by atoms with van der Waals surface area (Å²) < 4.78 is 9.52. The van der Waals surface area contributed by atoms with Gasteiger partial charge in [0.2, 0.25) is 5.69 Å². The van der Waals surface area contributed by atoms with Gasteiger partial charge in [-0.3, -0.25) is 0 Å². The van der Waals surface area contributed by atoms with Crippen LogP contribution in [0.1, 0.15) is 5.56 Å². The molecule has 0 amide bonds. The fourth-order valence-corrected chi connectivity index (χ4v) is 11.6. The summed E-state index contributed by atoms with van der Waals surface area (Å²) in [4.78, 5) is 4.22. The maximum Gasteiger partial charge on any atom is 0.212 e. The molecule has 6 heteroatoms. The highest BCUT2D eigenvalue weighted by atomic mass is 32.1. The van der Waals surface area contributed by atoms with Crippen LogP contribution in [0, 0.1) is 17.9 Å². The summed E-state index contributed by atoms with van der Waals surface area (Å²) in [6, 6.07) is 57.9. The SMILES string of the molecule is [C-]#[N+]c1cc(C#N)c(-n2c3ccccc3c3c4sc5ccccc5c4ccc32)c(-c2ccccc2)c1-n1c2ccccc2c2c3sc4ccccc4c3ccc21. The van der Waals surface area contributed by atoms with Gasteiger partial charge in [-0.1, -0.05) is 115 Å². The summed E-state index contributed by atoms with van der Waals surface area (Å²) >= 11 is 3.63. The van der Waals surface area contributed by atoms with Crippen LogP contribution in [0.5, 0.6) is 0 Å². The molecule has 4 heterocycles. The lowest BCUT2D eigenvalue weighted by molar-refractivity contribution is 1.13. The molecule has 0 fully saturated rings. The Hall–Kier alpha value is -7.22. The molecule has 12 rings (SSSR count). The molecule has 0 aliphatic carbocycles. The second-order valence-corrected chi connectivity index (χ2v) is 16.3. The summed E-state index contributed by atoms with van der Waals surface area (Å²) in [6.07, 6.45) is 0. The fourth-order valence-electron chi connectivity index (χ4n) is 9.11. The first-order valence-electron chi connectivity index (χ1n) is 18.4. The maximum absolute atomic E-state index is 11.1. The minimum absolute atomic E-state index is 0.427. The quantitative estimate of drug-likeness (QED) is 0.166. The molecule has 0 saturated carbocycles. The van der Waals surface area contributed by atoms with Gasteiger partial charge in [0, 0.05) is 67.5 Å². The number of thiophene rings is 2. The number of para-hydroxylation sites is 2. The van der Waals surface area contributed by atoms with Crippen molar-refractivity contribution < 1.29 is 0 Å². The number of nitrogens with zero attached hydrogens (tertiary/aromatic N) is 4. The van der Waals surface area contributed by atoms with Crippen molar-refractivity contribution in [3.05, 3.63) is 175 Å². The average Bonchev–Trinajstić information content (AvgIpc) is 4.00. The first-order chi connectivity index (χ1) is 27.7. The molecule has 0 unspecified atom stereocenters. The minimum Gasteiger partial charge on any atom is -0.318 e. The van der Waals surface area contributed by atoms with Gasteiger partial charge >= 0.3 is 0 Å². The molecule has 0 saturated heterocycles. The number of fused-ring (bicyclic) bond motifs is 14. The van der Waals surface area contributed by atoms with Gasteiger partial charge in [-0.2, -0.15) is 5.26 Å². The van der Waals surface area contributed by atoms with Gasteiger partial charge in [0.1, 0.15) is 6.07 Å². The predicted octanol–water partition coefficient (Wildman–Crippen LogP) is 14.7.